The number of carbonyl (C=O) groups is 2. The zero-order valence-corrected chi connectivity index (χ0v) is 15.7. The summed E-state index contributed by atoms with van der Waals surface area (Å²) in [5.74, 6) is 0.581. The highest BCUT2D eigenvalue weighted by Crippen LogP contribution is 2.27. The molecule has 0 spiro atoms. The normalized spacial score (nSPS) is 10.5. The fourth-order valence-corrected chi connectivity index (χ4v) is 2.38. The summed E-state index contributed by atoms with van der Waals surface area (Å²) >= 11 is 0. The van der Waals surface area contributed by atoms with Crippen LogP contribution in [0.2, 0.25) is 0 Å². The number of amides is 1. The van der Waals surface area contributed by atoms with Gasteiger partial charge in [0, 0.05) is 6.92 Å². The summed E-state index contributed by atoms with van der Waals surface area (Å²) in [5.41, 5.74) is 5.00. The van der Waals surface area contributed by atoms with Crippen molar-refractivity contribution in [2.24, 2.45) is 5.10 Å². The Kier molecular flexibility index (Phi) is 6.93. The molecule has 0 fully saturated rings. The lowest BCUT2D eigenvalue weighted by molar-refractivity contribution is -0.132. The number of para-hydroxylation sites is 1. The van der Waals surface area contributed by atoms with Crippen LogP contribution in [-0.2, 0) is 9.59 Å². The molecule has 0 radical (unpaired) electrons. The van der Waals surface area contributed by atoms with Gasteiger partial charge in [-0.15, -0.1) is 0 Å². The molecule has 1 N–H and O–H groups in total. The van der Waals surface area contributed by atoms with Crippen molar-refractivity contribution in [2.45, 2.75) is 20.8 Å². The number of benzene rings is 2. The summed E-state index contributed by atoms with van der Waals surface area (Å²) in [6.45, 7) is 5.01. The SMILES string of the molecule is COc1cc(/C=N\NC(=O)COc2c(C)cccc2C)ccc1OC(C)=O. The molecule has 7 heteroatoms. The molecule has 1 amide bonds. The van der Waals surface area contributed by atoms with Gasteiger partial charge in [0.05, 0.1) is 13.3 Å². The van der Waals surface area contributed by atoms with Crippen molar-refractivity contribution < 1.29 is 23.8 Å². The second-order valence-corrected chi connectivity index (χ2v) is 5.81. The molecule has 2 aromatic rings. The smallest absolute Gasteiger partial charge is 0.308 e. The van der Waals surface area contributed by atoms with Gasteiger partial charge in [-0.1, -0.05) is 18.2 Å². The summed E-state index contributed by atoms with van der Waals surface area (Å²) < 4.78 is 15.8. The average Bonchev–Trinajstić information content (AvgIpc) is 2.62. The summed E-state index contributed by atoms with van der Waals surface area (Å²) in [4.78, 5) is 23.0. The maximum absolute atomic E-state index is 11.9. The van der Waals surface area contributed by atoms with E-state index in [0.717, 1.165) is 11.1 Å². The fourth-order valence-electron chi connectivity index (χ4n) is 2.38. The van der Waals surface area contributed by atoms with E-state index in [2.05, 4.69) is 10.5 Å². The highest BCUT2D eigenvalue weighted by atomic mass is 16.6. The van der Waals surface area contributed by atoms with Crippen molar-refractivity contribution in [3.8, 4) is 17.2 Å². The minimum atomic E-state index is -0.439. The van der Waals surface area contributed by atoms with E-state index in [4.69, 9.17) is 14.2 Å². The molecule has 27 heavy (non-hydrogen) atoms. The molecule has 0 aliphatic rings. The minimum Gasteiger partial charge on any atom is -0.493 e. The fraction of sp³-hybridized carbons (Fsp3) is 0.250. The summed E-state index contributed by atoms with van der Waals surface area (Å²) in [6, 6.07) is 10.7. The number of methoxy groups -OCH3 is 1. The van der Waals surface area contributed by atoms with Gasteiger partial charge in [-0.05, 0) is 48.7 Å². The van der Waals surface area contributed by atoms with Gasteiger partial charge >= 0.3 is 5.97 Å². The van der Waals surface area contributed by atoms with Crippen LogP contribution >= 0.6 is 0 Å². The number of esters is 1. The van der Waals surface area contributed by atoms with Crippen molar-refractivity contribution in [2.75, 3.05) is 13.7 Å². The quantitative estimate of drug-likeness (QED) is 0.351. The summed E-state index contributed by atoms with van der Waals surface area (Å²) in [6.07, 6.45) is 1.46. The summed E-state index contributed by atoms with van der Waals surface area (Å²) in [7, 11) is 1.47. The third-order valence-electron chi connectivity index (χ3n) is 3.60. The first-order chi connectivity index (χ1) is 12.9. The minimum absolute atomic E-state index is 0.141. The molecule has 0 aromatic heterocycles. The topological polar surface area (TPSA) is 86.2 Å². The van der Waals surface area contributed by atoms with E-state index in [1.54, 1.807) is 18.2 Å². The average molecular weight is 370 g/mol. The molecule has 0 bridgehead atoms. The molecular formula is C20H22N2O5. The third kappa shape index (κ3) is 5.85. The van der Waals surface area contributed by atoms with E-state index in [-0.39, 0.29) is 12.5 Å². The number of nitrogens with zero attached hydrogens (tertiary/aromatic N) is 1. The number of hydrazone groups is 1. The highest BCUT2D eigenvalue weighted by molar-refractivity contribution is 5.84. The van der Waals surface area contributed by atoms with E-state index < -0.39 is 5.97 Å². The maximum atomic E-state index is 11.9. The van der Waals surface area contributed by atoms with Crippen LogP contribution in [0.4, 0.5) is 0 Å². The molecule has 0 unspecified atom stereocenters. The lowest BCUT2D eigenvalue weighted by Crippen LogP contribution is -2.25. The van der Waals surface area contributed by atoms with Crippen LogP contribution < -0.4 is 19.6 Å². The second-order valence-electron chi connectivity index (χ2n) is 5.81. The molecule has 0 saturated carbocycles. The Morgan fingerprint density at radius 3 is 2.44 bits per heavy atom. The molecule has 0 aliphatic heterocycles. The van der Waals surface area contributed by atoms with Crippen molar-refractivity contribution >= 4 is 18.1 Å². The monoisotopic (exact) mass is 370 g/mol. The number of hydrogen-bond donors (Lipinski definition) is 1. The summed E-state index contributed by atoms with van der Waals surface area (Å²) in [5, 5.41) is 3.90. The Balaban J connectivity index is 1.92. The van der Waals surface area contributed by atoms with Crippen molar-refractivity contribution in [1.82, 2.24) is 5.43 Å². The molecular weight excluding hydrogens is 348 g/mol. The molecule has 0 heterocycles. The van der Waals surface area contributed by atoms with E-state index in [1.165, 1.54) is 20.2 Å². The Hall–Kier alpha value is -3.35. The van der Waals surface area contributed by atoms with Crippen LogP contribution in [0.3, 0.4) is 0 Å². The van der Waals surface area contributed by atoms with Crippen molar-refractivity contribution in [1.29, 1.82) is 0 Å². The van der Waals surface area contributed by atoms with Gasteiger partial charge in [-0.25, -0.2) is 5.43 Å². The standard InChI is InChI=1S/C20H22N2O5/c1-13-6-5-7-14(2)20(13)26-12-19(24)22-21-11-16-8-9-17(27-15(3)23)18(10-16)25-4/h5-11H,12H2,1-4H3,(H,22,24)/b21-11-. The van der Waals surface area contributed by atoms with E-state index >= 15 is 0 Å². The van der Waals surface area contributed by atoms with Crippen molar-refractivity contribution in [3.63, 3.8) is 0 Å². The van der Waals surface area contributed by atoms with Gasteiger partial charge in [-0.3, -0.25) is 9.59 Å². The second kappa shape index (κ2) is 9.38. The first-order valence-electron chi connectivity index (χ1n) is 8.28. The van der Waals surface area contributed by atoms with E-state index in [9.17, 15) is 9.59 Å². The maximum Gasteiger partial charge on any atom is 0.308 e. The van der Waals surface area contributed by atoms with E-state index in [0.29, 0.717) is 22.8 Å². The molecule has 0 atom stereocenters. The molecule has 2 aromatic carbocycles. The van der Waals surface area contributed by atoms with E-state index in [1.807, 2.05) is 32.0 Å². The van der Waals surface area contributed by atoms with Crippen LogP contribution in [0.15, 0.2) is 41.5 Å². The highest BCUT2D eigenvalue weighted by Gasteiger charge is 2.08. The van der Waals surface area contributed by atoms with Gasteiger partial charge in [0.1, 0.15) is 5.75 Å². The Labute approximate surface area is 157 Å². The number of aryl methyl sites for hydroxylation is 2. The van der Waals surface area contributed by atoms with Gasteiger partial charge in [0.15, 0.2) is 18.1 Å². The Bertz CT molecular complexity index is 841. The first-order valence-corrected chi connectivity index (χ1v) is 8.28. The van der Waals surface area contributed by atoms with Gasteiger partial charge in [-0.2, -0.15) is 5.10 Å². The number of hydrogen-bond acceptors (Lipinski definition) is 6. The van der Waals surface area contributed by atoms with Crippen LogP contribution in [-0.4, -0.2) is 31.8 Å². The Morgan fingerprint density at radius 1 is 1.11 bits per heavy atom. The van der Waals surface area contributed by atoms with Gasteiger partial charge < -0.3 is 14.2 Å². The number of ether oxygens (including phenoxy) is 3. The van der Waals surface area contributed by atoms with Gasteiger partial charge in [0.2, 0.25) is 0 Å². The van der Waals surface area contributed by atoms with Crippen LogP contribution in [0.5, 0.6) is 17.2 Å². The zero-order chi connectivity index (χ0) is 19.8. The number of nitrogens with one attached hydrogen (secondary N) is 1. The lowest BCUT2D eigenvalue weighted by atomic mass is 10.1. The number of rotatable bonds is 7. The zero-order valence-electron chi connectivity index (χ0n) is 15.7. The lowest BCUT2D eigenvalue weighted by Gasteiger charge is -2.10. The van der Waals surface area contributed by atoms with Crippen LogP contribution in [0.25, 0.3) is 0 Å². The van der Waals surface area contributed by atoms with Crippen molar-refractivity contribution in [3.05, 3.63) is 53.1 Å². The predicted octanol–water partition coefficient (Wildman–Crippen LogP) is 2.77. The van der Waals surface area contributed by atoms with Gasteiger partial charge in [0.25, 0.3) is 5.91 Å². The third-order valence-corrected chi connectivity index (χ3v) is 3.60. The molecule has 7 nitrogen and oxygen atoms in total. The van der Waals surface area contributed by atoms with Crippen LogP contribution in [0, 0.1) is 13.8 Å². The Morgan fingerprint density at radius 2 is 1.81 bits per heavy atom. The molecule has 0 aliphatic carbocycles. The molecule has 2 rings (SSSR count). The molecule has 142 valence electrons. The molecule has 0 saturated heterocycles. The number of carbonyl (C=O) groups excluding carboxylic acids is 2. The first kappa shape index (κ1) is 20.0. The largest absolute Gasteiger partial charge is 0.493 e. The predicted molar refractivity (Wildman–Crippen MR) is 101 cm³/mol. The van der Waals surface area contributed by atoms with Crippen LogP contribution in [0.1, 0.15) is 23.6 Å².